The molecular weight excluding hydrogens is 475 g/mol. The number of ether oxygens (including phenoxy) is 1. The van der Waals surface area contributed by atoms with Crippen molar-refractivity contribution in [2.75, 3.05) is 18.9 Å². The summed E-state index contributed by atoms with van der Waals surface area (Å²) in [5.41, 5.74) is 4.70. The first-order valence-electron chi connectivity index (χ1n) is 8.77. The molecule has 1 aromatic carbocycles. The second-order valence-electron chi connectivity index (χ2n) is 6.42. The lowest BCUT2D eigenvalue weighted by molar-refractivity contribution is -0.317. The normalized spacial score (nSPS) is 16.3. The van der Waals surface area contributed by atoms with Crippen LogP contribution in [-0.2, 0) is 9.78 Å². The molecule has 1 fully saturated rings. The van der Waals surface area contributed by atoms with E-state index in [0.717, 1.165) is 4.68 Å². The average Bonchev–Trinajstić information content (AvgIpc) is 2.75. The molecule has 0 amide bonds. The molecule has 0 bridgehead atoms. The number of halogens is 3. The number of nitrogens with one attached hydrogen (secondary N) is 1. The fraction of sp³-hybridized carbons (Fsp3) is 0.235. The number of hydrogen-bond acceptors (Lipinski definition) is 9. The van der Waals surface area contributed by atoms with Crippen LogP contribution >= 0.6 is 34.8 Å². The summed E-state index contributed by atoms with van der Waals surface area (Å²) in [4.78, 5) is 35.4. The van der Waals surface area contributed by atoms with Gasteiger partial charge in [0.2, 0.25) is 11.7 Å². The number of aromatic nitrogens is 5. The van der Waals surface area contributed by atoms with Crippen LogP contribution in [0.25, 0.3) is 5.69 Å². The summed E-state index contributed by atoms with van der Waals surface area (Å²) >= 11 is 18.8. The Balaban J connectivity index is 1.67. The lowest BCUT2D eigenvalue weighted by atomic mass is 9.98. The van der Waals surface area contributed by atoms with Crippen molar-refractivity contribution in [1.82, 2.24) is 25.0 Å². The minimum atomic E-state index is -0.813. The van der Waals surface area contributed by atoms with E-state index in [1.54, 1.807) is 6.07 Å². The number of nitrogens with zero attached hydrogens (tertiary/aromatic N) is 4. The molecule has 1 saturated heterocycles. The predicted molar refractivity (Wildman–Crippen MR) is 111 cm³/mol. The zero-order chi connectivity index (χ0) is 22.1. The van der Waals surface area contributed by atoms with Crippen molar-refractivity contribution in [2.24, 2.45) is 0 Å². The van der Waals surface area contributed by atoms with Gasteiger partial charge in [-0.15, -0.1) is 15.3 Å². The van der Waals surface area contributed by atoms with Gasteiger partial charge >= 0.3 is 5.69 Å². The number of nitrogen functional groups attached to an aromatic ring is 1. The molecule has 162 valence electrons. The molecule has 0 saturated carbocycles. The first-order chi connectivity index (χ1) is 14.8. The van der Waals surface area contributed by atoms with E-state index in [1.807, 2.05) is 4.98 Å². The van der Waals surface area contributed by atoms with E-state index in [-0.39, 0.29) is 38.4 Å². The van der Waals surface area contributed by atoms with Gasteiger partial charge < -0.3 is 10.5 Å². The third-order valence-electron chi connectivity index (χ3n) is 4.38. The Morgan fingerprint density at radius 2 is 1.87 bits per heavy atom. The minimum absolute atomic E-state index is 0.0453. The summed E-state index contributed by atoms with van der Waals surface area (Å²) < 4.78 is 6.58. The fourth-order valence-electron chi connectivity index (χ4n) is 2.88. The molecule has 31 heavy (non-hydrogen) atoms. The highest BCUT2D eigenvalue weighted by Crippen LogP contribution is 2.38. The van der Waals surface area contributed by atoms with Gasteiger partial charge in [0.05, 0.1) is 28.9 Å². The molecule has 0 aliphatic carbocycles. The molecule has 0 radical (unpaired) electrons. The van der Waals surface area contributed by atoms with E-state index in [0.29, 0.717) is 25.2 Å². The Hall–Kier alpha value is -2.70. The standard InChI is InChI=1S/C17H13Cl3N6O5/c18-10-3-8(26-17(28)22-16(27)15(21)25-26)4-11(19)13(10)31-12-5-9(14(20)24-23-12)7-1-2-29-30-6-7/h3-5,7H,1-2,6H2,(H2,21,25)(H,22,27,28). The van der Waals surface area contributed by atoms with Crippen molar-refractivity contribution in [3.8, 4) is 17.3 Å². The maximum absolute atomic E-state index is 12.0. The summed E-state index contributed by atoms with van der Waals surface area (Å²) in [6.45, 7) is 0.729. The average molecular weight is 488 g/mol. The summed E-state index contributed by atoms with van der Waals surface area (Å²) in [5.74, 6) is -0.265. The Kier molecular flexibility index (Phi) is 6.12. The Bertz CT molecular complexity index is 1230. The smallest absolute Gasteiger partial charge is 0.349 e. The molecule has 2 aromatic heterocycles. The van der Waals surface area contributed by atoms with Crippen LogP contribution in [0.3, 0.4) is 0 Å². The molecule has 0 spiro atoms. The van der Waals surface area contributed by atoms with Gasteiger partial charge in [-0.25, -0.2) is 14.6 Å². The molecular formula is C17H13Cl3N6O5. The van der Waals surface area contributed by atoms with Crippen molar-refractivity contribution in [1.29, 1.82) is 0 Å². The lowest BCUT2D eigenvalue weighted by Crippen LogP contribution is -2.33. The van der Waals surface area contributed by atoms with Gasteiger partial charge in [-0.2, -0.15) is 4.68 Å². The van der Waals surface area contributed by atoms with E-state index in [2.05, 4.69) is 15.3 Å². The van der Waals surface area contributed by atoms with Crippen molar-refractivity contribution in [3.63, 3.8) is 0 Å². The maximum Gasteiger partial charge on any atom is 0.349 e. The van der Waals surface area contributed by atoms with Gasteiger partial charge in [0.1, 0.15) is 0 Å². The Morgan fingerprint density at radius 1 is 1.13 bits per heavy atom. The third-order valence-corrected chi connectivity index (χ3v) is 5.24. The highest BCUT2D eigenvalue weighted by atomic mass is 35.5. The largest absolute Gasteiger partial charge is 0.434 e. The van der Waals surface area contributed by atoms with Crippen LogP contribution in [0.1, 0.15) is 17.9 Å². The number of nitrogens with two attached hydrogens (primary N) is 1. The second-order valence-corrected chi connectivity index (χ2v) is 7.59. The van der Waals surface area contributed by atoms with Gasteiger partial charge in [-0.05, 0) is 18.6 Å². The second kappa shape index (κ2) is 8.81. The van der Waals surface area contributed by atoms with Crippen molar-refractivity contribution >= 4 is 40.6 Å². The van der Waals surface area contributed by atoms with Crippen LogP contribution < -0.4 is 21.7 Å². The Labute approximate surface area is 188 Å². The number of rotatable bonds is 4. The zero-order valence-corrected chi connectivity index (χ0v) is 17.7. The first-order valence-corrected chi connectivity index (χ1v) is 9.91. The Morgan fingerprint density at radius 3 is 2.55 bits per heavy atom. The molecule has 11 nitrogen and oxygen atoms in total. The van der Waals surface area contributed by atoms with E-state index < -0.39 is 17.1 Å². The predicted octanol–water partition coefficient (Wildman–Crippen LogP) is 2.48. The molecule has 3 N–H and O–H groups in total. The van der Waals surface area contributed by atoms with Gasteiger partial charge in [0, 0.05) is 17.5 Å². The minimum Gasteiger partial charge on any atom is -0.434 e. The molecule has 1 atom stereocenters. The number of benzene rings is 1. The van der Waals surface area contributed by atoms with Crippen LogP contribution in [0.4, 0.5) is 5.82 Å². The number of anilines is 1. The maximum atomic E-state index is 12.0. The van der Waals surface area contributed by atoms with Gasteiger partial charge in [-0.1, -0.05) is 34.8 Å². The van der Waals surface area contributed by atoms with Crippen LogP contribution in [0, 0.1) is 0 Å². The molecule has 1 aliphatic heterocycles. The molecule has 1 unspecified atom stereocenters. The summed E-state index contributed by atoms with van der Waals surface area (Å²) in [6, 6.07) is 4.35. The van der Waals surface area contributed by atoms with E-state index >= 15 is 0 Å². The van der Waals surface area contributed by atoms with Crippen LogP contribution in [0.15, 0.2) is 27.8 Å². The van der Waals surface area contributed by atoms with Gasteiger partial charge in [-0.3, -0.25) is 9.78 Å². The quantitative estimate of drug-likeness (QED) is 0.529. The van der Waals surface area contributed by atoms with Crippen LogP contribution in [0.5, 0.6) is 11.6 Å². The monoisotopic (exact) mass is 486 g/mol. The number of H-pyrrole nitrogens is 1. The number of hydrogen-bond donors (Lipinski definition) is 2. The summed E-state index contributed by atoms with van der Waals surface area (Å²) in [7, 11) is 0. The van der Waals surface area contributed by atoms with Crippen LogP contribution in [0.2, 0.25) is 15.2 Å². The summed E-state index contributed by atoms with van der Waals surface area (Å²) in [5, 5.41) is 11.9. The number of aromatic amines is 1. The lowest BCUT2D eigenvalue weighted by Gasteiger charge is -2.22. The SMILES string of the molecule is Nc1nn(-c2cc(Cl)c(Oc3cc(C4CCOOC4)c(Cl)nn3)c(Cl)c2)c(=O)[nH]c1=O. The summed E-state index contributed by atoms with van der Waals surface area (Å²) in [6.07, 6.45) is 0.686. The topological polar surface area (TPSA) is 147 Å². The van der Waals surface area contributed by atoms with E-state index in [4.69, 9.17) is 55.0 Å². The van der Waals surface area contributed by atoms with Gasteiger partial charge in [0.25, 0.3) is 5.56 Å². The molecule has 4 rings (SSSR count). The fourth-order valence-corrected chi connectivity index (χ4v) is 3.67. The van der Waals surface area contributed by atoms with Crippen molar-refractivity contribution < 1.29 is 14.5 Å². The molecule has 3 heterocycles. The molecule has 1 aliphatic rings. The molecule has 14 heteroatoms. The van der Waals surface area contributed by atoms with Crippen molar-refractivity contribution in [2.45, 2.75) is 12.3 Å². The van der Waals surface area contributed by atoms with Gasteiger partial charge in [0.15, 0.2) is 10.9 Å². The molecule has 3 aromatic rings. The zero-order valence-electron chi connectivity index (χ0n) is 15.5. The van der Waals surface area contributed by atoms with Crippen LogP contribution in [-0.4, -0.2) is 38.2 Å². The highest BCUT2D eigenvalue weighted by molar-refractivity contribution is 6.37. The van der Waals surface area contributed by atoms with E-state index in [1.165, 1.54) is 12.1 Å². The first kappa shape index (κ1) is 21.5. The highest BCUT2D eigenvalue weighted by Gasteiger charge is 2.23. The van der Waals surface area contributed by atoms with Crippen molar-refractivity contribution in [3.05, 3.63) is 59.8 Å². The third kappa shape index (κ3) is 4.50. The van der Waals surface area contributed by atoms with E-state index in [9.17, 15) is 9.59 Å².